The molecule has 0 aliphatic carbocycles. The van der Waals surface area contributed by atoms with Gasteiger partial charge in [-0.1, -0.05) is 298 Å². The van der Waals surface area contributed by atoms with Crippen LogP contribution in [0.1, 0.15) is 316 Å². The van der Waals surface area contributed by atoms with Crippen LogP contribution in [0.25, 0.3) is 0 Å². The van der Waals surface area contributed by atoms with Gasteiger partial charge in [-0.15, -0.1) is 0 Å². The van der Waals surface area contributed by atoms with Gasteiger partial charge in [-0.2, -0.15) is 0 Å². The van der Waals surface area contributed by atoms with Crippen LogP contribution in [0, 0.1) is 0 Å². The van der Waals surface area contributed by atoms with Gasteiger partial charge in [-0.05, 0) is 96.3 Å². The van der Waals surface area contributed by atoms with E-state index < -0.39 is 6.10 Å². The van der Waals surface area contributed by atoms with Crippen LogP contribution in [-0.4, -0.2) is 37.2 Å². The van der Waals surface area contributed by atoms with E-state index in [4.69, 9.17) is 14.2 Å². The van der Waals surface area contributed by atoms with E-state index in [2.05, 4.69) is 118 Å². The first-order valence-electron chi connectivity index (χ1n) is 32.7. The maximum absolute atomic E-state index is 12.9. The molecule has 1 unspecified atom stereocenters. The molecule has 0 rings (SSSR count). The summed E-state index contributed by atoms with van der Waals surface area (Å²) in [5.74, 6) is -0.946. The molecule has 0 heterocycles. The van der Waals surface area contributed by atoms with Crippen molar-refractivity contribution in [3.8, 4) is 0 Å². The van der Waals surface area contributed by atoms with E-state index in [9.17, 15) is 14.4 Å². The smallest absolute Gasteiger partial charge is 0.306 e. The number of hydrogen-bond acceptors (Lipinski definition) is 6. The van der Waals surface area contributed by atoms with E-state index in [-0.39, 0.29) is 37.5 Å². The summed E-state index contributed by atoms with van der Waals surface area (Å²) in [4.78, 5) is 38.3. The second-order valence-corrected chi connectivity index (χ2v) is 21.6. The summed E-state index contributed by atoms with van der Waals surface area (Å²) >= 11 is 0. The molecule has 0 saturated heterocycles. The van der Waals surface area contributed by atoms with Crippen molar-refractivity contribution in [2.75, 3.05) is 13.2 Å². The number of rotatable bonds is 59. The summed E-state index contributed by atoms with van der Waals surface area (Å²) in [6, 6.07) is 0. The van der Waals surface area contributed by atoms with Crippen LogP contribution >= 0.6 is 0 Å². The Hall–Kier alpha value is -3.67. The molecule has 0 aromatic rings. The minimum Gasteiger partial charge on any atom is -0.462 e. The molecule has 0 amide bonds. The lowest BCUT2D eigenvalue weighted by Gasteiger charge is -2.18. The van der Waals surface area contributed by atoms with Gasteiger partial charge in [-0.3, -0.25) is 14.4 Å². The summed E-state index contributed by atoms with van der Waals surface area (Å²) in [6.07, 6.45) is 87.2. The second kappa shape index (κ2) is 64.9. The van der Waals surface area contributed by atoms with Gasteiger partial charge in [0, 0.05) is 19.3 Å². The van der Waals surface area contributed by atoms with Crippen molar-refractivity contribution in [2.24, 2.45) is 0 Å². The molecule has 0 spiro atoms. The number of hydrogen-bond donors (Lipinski definition) is 0. The van der Waals surface area contributed by atoms with Gasteiger partial charge in [0.25, 0.3) is 0 Å². The Morgan fingerprint density at radius 1 is 0.273 bits per heavy atom. The Morgan fingerprint density at radius 2 is 0.519 bits per heavy atom. The molecule has 0 fully saturated rings. The van der Waals surface area contributed by atoms with Crippen molar-refractivity contribution in [2.45, 2.75) is 322 Å². The molecule has 0 saturated carbocycles. The van der Waals surface area contributed by atoms with Crippen LogP contribution in [0.2, 0.25) is 0 Å². The average Bonchev–Trinajstić information content (AvgIpc) is 3.43. The molecule has 6 nitrogen and oxygen atoms in total. The lowest BCUT2D eigenvalue weighted by molar-refractivity contribution is -0.167. The van der Waals surface area contributed by atoms with E-state index >= 15 is 0 Å². The monoisotopic (exact) mass is 1070 g/mol. The standard InChI is InChI=1S/C71H122O6/c1-4-7-10-13-16-19-22-25-27-29-30-31-32-33-34-35-36-37-38-39-40-42-43-46-49-52-55-58-61-64-70(73)76-67-68(66-75-69(72)63-60-57-54-51-48-45-24-21-18-15-12-9-6-3)77-71(74)65-62-59-56-53-50-47-44-41-28-26-23-20-17-14-11-8-5-2/h8,11,17,20,22,25-26,28-30,32-33,44,47,53,56,68H,4-7,9-10,12-16,18-19,21,23-24,27,31,34-43,45-46,48-52,54-55,57-67H2,1-3H3/b11-8-,20-17-,25-22-,28-26-,30-29-,33-32-,47-44-,56-53-. The van der Waals surface area contributed by atoms with Gasteiger partial charge in [0.1, 0.15) is 13.2 Å². The maximum Gasteiger partial charge on any atom is 0.306 e. The highest BCUT2D eigenvalue weighted by molar-refractivity contribution is 5.71. The predicted octanol–water partition coefficient (Wildman–Crippen LogP) is 22.4. The fourth-order valence-electron chi connectivity index (χ4n) is 9.19. The highest BCUT2D eigenvalue weighted by Crippen LogP contribution is 2.16. The van der Waals surface area contributed by atoms with Crippen molar-refractivity contribution in [3.63, 3.8) is 0 Å². The van der Waals surface area contributed by atoms with Gasteiger partial charge in [0.2, 0.25) is 0 Å². The quantitative estimate of drug-likeness (QED) is 0.0261. The van der Waals surface area contributed by atoms with Gasteiger partial charge in [0.05, 0.1) is 0 Å². The molecule has 0 aliphatic heterocycles. The first kappa shape index (κ1) is 73.3. The summed E-state index contributed by atoms with van der Waals surface area (Å²) in [5.41, 5.74) is 0. The number of unbranched alkanes of at least 4 members (excludes halogenated alkanes) is 32. The van der Waals surface area contributed by atoms with Crippen LogP contribution in [0.4, 0.5) is 0 Å². The van der Waals surface area contributed by atoms with E-state index in [0.717, 1.165) is 89.9 Å². The zero-order valence-electron chi connectivity index (χ0n) is 50.7. The van der Waals surface area contributed by atoms with Gasteiger partial charge in [-0.25, -0.2) is 0 Å². The van der Waals surface area contributed by atoms with E-state index in [0.29, 0.717) is 19.3 Å². The van der Waals surface area contributed by atoms with E-state index in [1.54, 1.807) is 0 Å². The van der Waals surface area contributed by atoms with Gasteiger partial charge >= 0.3 is 17.9 Å². The minimum absolute atomic E-state index is 0.0973. The van der Waals surface area contributed by atoms with Crippen LogP contribution in [0.15, 0.2) is 97.2 Å². The number of carbonyl (C=O) groups is 3. The molecule has 0 radical (unpaired) electrons. The number of ether oxygens (including phenoxy) is 3. The van der Waals surface area contributed by atoms with Crippen molar-refractivity contribution in [1.82, 2.24) is 0 Å². The molecule has 6 heteroatoms. The summed E-state index contributed by atoms with van der Waals surface area (Å²) in [5, 5.41) is 0. The minimum atomic E-state index is -0.807. The third-order valence-corrected chi connectivity index (χ3v) is 14.1. The van der Waals surface area contributed by atoms with Crippen LogP contribution < -0.4 is 0 Å². The Bertz CT molecular complexity index is 1510. The largest absolute Gasteiger partial charge is 0.462 e. The van der Waals surface area contributed by atoms with Crippen LogP contribution in [-0.2, 0) is 28.6 Å². The molecule has 0 aromatic heterocycles. The summed E-state index contributed by atoms with van der Waals surface area (Å²) in [6.45, 7) is 6.49. The second-order valence-electron chi connectivity index (χ2n) is 21.6. The Labute approximate surface area is 477 Å². The first-order valence-corrected chi connectivity index (χ1v) is 32.7. The zero-order valence-corrected chi connectivity index (χ0v) is 50.7. The van der Waals surface area contributed by atoms with Crippen molar-refractivity contribution >= 4 is 17.9 Å². The van der Waals surface area contributed by atoms with Gasteiger partial charge < -0.3 is 14.2 Å². The lowest BCUT2D eigenvalue weighted by Crippen LogP contribution is -2.30. The van der Waals surface area contributed by atoms with Gasteiger partial charge in [0.15, 0.2) is 6.10 Å². The fourth-order valence-corrected chi connectivity index (χ4v) is 9.19. The molecular formula is C71H122O6. The number of carbonyl (C=O) groups excluding carboxylic acids is 3. The first-order chi connectivity index (χ1) is 38.0. The normalized spacial score (nSPS) is 12.7. The molecule has 0 bridgehead atoms. The SMILES string of the molecule is CC/C=C\C/C=C\C/C=C\C/C=C\C/C=C\CCCC(=O)OC(COC(=O)CCCCCCCCCCCCCCC)COC(=O)CCCCCCCCCCCCCCCC/C=C\C/C=C\C/C=C\CCCCCCC. The fraction of sp³-hybridized carbons (Fsp3) is 0.732. The number of allylic oxidation sites excluding steroid dienone is 16. The van der Waals surface area contributed by atoms with Crippen molar-refractivity contribution in [1.29, 1.82) is 0 Å². The van der Waals surface area contributed by atoms with Crippen molar-refractivity contribution in [3.05, 3.63) is 97.2 Å². The molecule has 0 N–H and O–H groups in total. The zero-order chi connectivity index (χ0) is 55.7. The molecule has 0 aliphatic rings. The molecule has 1 atom stereocenters. The Morgan fingerprint density at radius 3 is 0.831 bits per heavy atom. The van der Waals surface area contributed by atoms with Crippen molar-refractivity contribution < 1.29 is 28.6 Å². The maximum atomic E-state index is 12.9. The Kier molecular flexibility index (Phi) is 61.8. The average molecular weight is 1070 g/mol. The molecule has 0 aromatic carbocycles. The molecule has 442 valence electrons. The van der Waals surface area contributed by atoms with E-state index in [1.807, 2.05) is 0 Å². The molecule has 77 heavy (non-hydrogen) atoms. The molecular weight excluding hydrogens is 949 g/mol. The number of esters is 3. The van der Waals surface area contributed by atoms with Crippen LogP contribution in [0.5, 0.6) is 0 Å². The lowest BCUT2D eigenvalue weighted by atomic mass is 10.0. The Balaban J connectivity index is 4.29. The highest BCUT2D eigenvalue weighted by Gasteiger charge is 2.19. The summed E-state index contributed by atoms with van der Waals surface area (Å²) < 4.78 is 16.9. The summed E-state index contributed by atoms with van der Waals surface area (Å²) in [7, 11) is 0. The highest BCUT2D eigenvalue weighted by atomic mass is 16.6. The third kappa shape index (κ3) is 63.0. The van der Waals surface area contributed by atoms with Crippen LogP contribution in [0.3, 0.4) is 0 Å². The topological polar surface area (TPSA) is 78.9 Å². The third-order valence-electron chi connectivity index (χ3n) is 14.1. The predicted molar refractivity (Wildman–Crippen MR) is 334 cm³/mol. The van der Waals surface area contributed by atoms with E-state index in [1.165, 1.54) is 180 Å².